The predicted octanol–water partition coefficient (Wildman–Crippen LogP) is 1.12. The highest BCUT2D eigenvalue weighted by atomic mass is 16.5. The molecule has 1 aromatic carbocycles. The zero-order chi connectivity index (χ0) is 15.4. The first-order chi connectivity index (χ1) is 10.8. The van der Waals surface area contributed by atoms with Crippen LogP contribution in [0, 0.1) is 0 Å². The Balaban J connectivity index is 1.90. The number of benzene rings is 1. The molecular formula is C15H20N4O3. The smallest absolute Gasteiger partial charge is 0.151 e. The third kappa shape index (κ3) is 3.05. The molecular weight excluding hydrogens is 284 g/mol. The molecule has 1 aliphatic rings. The molecule has 0 saturated carbocycles. The highest BCUT2D eigenvalue weighted by Gasteiger charge is 2.17. The van der Waals surface area contributed by atoms with E-state index >= 15 is 0 Å². The number of hydrogen-bond acceptors (Lipinski definition) is 6. The maximum atomic E-state index is 5.45. The summed E-state index contributed by atoms with van der Waals surface area (Å²) in [4.78, 5) is 2.30. The number of methoxy groups -OCH3 is 2. The lowest BCUT2D eigenvalue weighted by molar-refractivity contribution is 0.0328. The second-order valence-electron chi connectivity index (χ2n) is 5.04. The van der Waals surface area contributed by atoms with Crippen LogP contribution in [0.3, 0.4) is 0 Å². The van der Waals surface area contributed by atoms with Crippen LogP contribution < -0.4 is 9.47 Å². The molecule has 2 heterocycles. The number of hydrogen-bond donors (Lipinski definition) is 0. The van der Waals surface area contributed by atoms with Gasteiger partial charge in [0.05, 0.1) is 39.7 Å². The van der Waals surface area contributed by atoms with Crippen LogP contribution in [0.4, 0.5) is 0 Å². The van der Waals surface area contributed by atoms with Gasteiger partial charge in [-0.25, -0.2) is 0 Å². The van der Waals surface area contributed by atoms with Crippen molar-refractivity contribution in [1.82, 2.24) is 19.7 Å². The molecule has 1 aliphatic heterocycles. The average molecular weight is 304 g/mol. The van der Waals surface area contributed by atoms with E-state index in [4.69, 9.17) is 14.2 Å². The second kappa shape index (κ2) is 6.76. The molecule has 1 aromatic heterocycles. The van der Waals surface area contributed by atoms with Crippen LogP contribution in [0.25, 0.3) is 5.69 Å². The van der Waals surface area contributed by atoms with Crippen molar-refractivity contribution in [3.63, 3.8) is 0 Å². The molecule has 22 heavy (non-hydrogen) atoms. The Bertz CT molecular complexity index is 623. The van der Waals surface area contributed by atoms with E-state index in [9.17, 15) is 0 Å². The first kappa shape index (κ1) is 14.8. The fourth-order valence-corrected chi connectivity index (χ4v) is 2.51. The van der Waals surface area contributed by atoms with E-state index < -0.39 is 0 Å². The van der Waals surface area contributed by atoms with E-state index in [1.165, 1.54) is 0 Å². The van der Waals surface area contributed by atoms with E-state index in [1.54, 1.807) is 20.5 Å². The standard InChI is InChI=1S/C15H20N4O3/c1-20-12-3-4-14(21-2)13(9-12)19-11-16-17-15(19)10-18-5-7-22-8-6-18/h3-4,9,11H,5-8,10H2,1-2H3. The van der Waals surface area contributed by atoms with Crippen molar-refractivity contribution in [3.8, 4) is 17.2 Å². The maximum Gasteiger partial charge on any atom is 0.151 e. The summed E-state index contributed by atoms with van der Waals surface area (Å²) in [6, 6.07) is 5.67. The number of morpholine rings is 1. The minimum absolute atomic E-state index is 0.726. The van der Waals surface area contributed by atoms with Crippen LogP contribution >= 0.6 is 0 Å². The Morgan fingerprint density at radius 2 is 2.00 bits per heavy atom. The summed E-state index contributed by atoms with van der Waals surface area (Å²) in [5.41, 5.74) is 0.870. The van der Waals surface area contributed by atoms with Gasteiger partial charge >= 0.3 is 0 Å². The van der Waals surface area contributed by atoms with Crippen molar-refractivity contribution in [3.05, 3.63) is 30.4 Å². The van der Waals surface area contributed by atoms with E-state index in [0.29, 0.717) is 0 Å². The number of ether oxygens (including phenoxy) is 3. The van der Waals surface area contributed by atoms with Gasteiger partial charge in [0.25, 0.3) is 0 Å². The lowest BCUT2D eigenvalue weighted by atomic mass is 10.2. The van der Waals surface area contributed by atoms with E-state index in [1.807, 2.05) is 22.8 Å². The molecule has 0 N–H and O–H groups in total. The van der Waals surface area contributed by atoms with E-state index in [0.717, 1.165) is 55.9 Å². The fraction of sp³-hybridized carbons (Fsp3) is 0.467. The van der Waals surface area contributed by atoms with Crippen LogP contribution in [0.1, 0.15) is 5.82 Å². The normalized spacial score (nSPS) is 15.7. The molecule has 0 atom stereocenters. The van der Waals surface area contributed by atoms with Crippen molar-refractivity contribution >= 4 is 0 Å². The van der Waals surface area contributed by atoms with Gasteiger partial charge in [0, 0.05) is 19.2 Å². The van der Waals surface area contributed by atoms with Crippen molar-refractivity contribution in [2.45, 2.75) is 6.54 Å². The molecule has 0 unspecified atom stereocenters. The summed E-state index contributed by atoms with van der Waals surface area (Å²) in [6.45, 7) is 4.06. The molecule has 0 bridgehead atoms. The Kier molecular flexibility index (Phi) is 4.55. The number of aromatic nitrogens is 3. The minimum Gasteiger partial charge on any atom is -0.497 e. The Hall–Kier alpha value is -2.12. The topological polar surface area (TPSA) is 61.6 Å². The monoisotopic (exact) mass is 304 g/mol. The SMILES string of the molecule is COc1ccc(OC)c(-n2cnnc2CN2CCOCC2)c1. The summed E-state index contributed by atoms with van der Waals surface area (Å²) in [5.74, 6) is 2.39. The summed E-state index contributed by atoms with van der Waals surface area (Å²) in [7, 11) is 3.30. The quantitative estimate of drug-likeness (QED) is 0.825. The second-order valence-corrected chi connectivity index (χ2v) is 5.04. The van der Waals surface area contributed by atoms with Crippen LogP contribution in [0.5, 0.6) is 11.5 Å². The van der Waals surface area contributed by atoms with Gasteiger partial charge in [0.2, 0.25) is 0 Å². The van der Waals surface area contributed by atoms with Gasteiger partial charge in [-0.15, -0.1) is 10.2 Å². The summed E-state index contributed by atoms with van der Waals surface area (Å²) in [5, 5.41) is 8.31. The largest absolute Gasteiger partial charge is 0.497 e. The molecule has 1 saturated heterocycles. The summed E-state index contributed by atoms with van der Waals surface area (Å²) < 4.78 is 18.1. The third-order valence-electron chi connectivity index (χ3n) is 3.73. The van der Waals surface area contributed by atoms with Crippen LogP contribution in [0.15, 0.2) is 24.5 Å². The Morgan fingerprint density at radius 1 is 1.18 bits per heavy atom. The van der Waals surface area contributed by atoms with E-state index in [-0.39, 0.29) is 0 Å². The lowest BCUT2D eigenvalue weighted by Gasteiger charge is -2.26. The maximum absolute atomic E-state index is 5.45. The van der Waals surface area contributed by atoms with Crippen LogP contribution in [0.2, 0.25) is 0 Å². The van der Waals surface area contributed by atoms with Gasteiger partial charge in [-0.1, -0.05) is 0 Å². The molecule has 7 nitrogen and oxygen atoms in total. The third-order valence-corrected chi connectivity index (χ3v) is 3.73. The lowest BCUT2D eigenvalue weighted by Crippen LogP contribution is -2.36. The molecule has 0 spiro atoms. The molecule has 2 aromatic rings. The molecule has 3 rings (SSSR count). The zero-order valence-corrected chi connectivity index (χ0v) is 12.9. The molecule has 0 radical (unpaired) electrons. The Morgan fingerprint density at radius 3 is 2.73 bits per heavy atom. The minimum atomic E-state index is 0.726. The zero-order valence-electron chi connectivity index (χ0n) is 12.9. The van der Waals surface area contributed by atoms with E-state index in [2.05, 4.69) is 15.1 Å². The molecule has 7 heteroatoms. The van der Waals surface area contributed by atoms with Gasteiger partial charge in [-0.05, 0) is 12.1 Å². The molecule has 0 aliphatic carbocycles. The molecule has 0 amide bonds. The summed E-state index contributed by atoms with van der Waals surface area (Å²) >= 11 is 0. The fourth-order valence-electron chi connectivity index (χ4n) is 2.51. The first-order valence-corrected chi connectivity index (χ1v) is 7.23. The van der Waals surface area contributed by atoms with Gasteiger partial charge in [-0.3, -0.25) is 9.47 Å². The van der Waals surface area contributed by atoms with Crippen molar-refractivity contribution in [2.75, 3.05) is 40.5 Å². The molecule has 1 fully saturated rings. The van der Waals surface area contributed by atoms with Crippen LogP contribution in [-0.2, 0) is 11.3 Å². The average Bonchev–Trinajstić information content (AvgIpc) is 3.03. The van der Waals surface area contributed by atoms with Gasteiger partial charge in [-0.2, -0.15) is 0 Å². The van der Waals surface area contributed by atoms with Crippen molar-refractivity contribution in [2.24, 2.45) is 0 Å². The number of nitrogens with zero attached hydrogens (tertiary/aromatic N) is 4. The van der Waals surface area contributed by atoms with Gasteiger partial charge < -0.3 is 14.2 Å². The van der Waals surface area contributed by atoms with Gasteiger partial charge in [0.15, 0.2) is 5.82 Å². The Labute approximate surface area is 129 Å². The first-order valence-electron chi connectivity index (χ1n) is 7.23. The van der Waals surface area contributed by atoms with Crippen LogP contribution in [-0.4, -0.2) is 60.2 Å². The number of rotatable bonds is 5. The highest BCUT2D eigenvalue weighted by Crippen LogP contribution is 2.28. The summed E-state index contributed by atoms with van der Waals surface area (Å²) in [6.07, 6.45) is 1.70. The highest BCUT2D eigenvalue weighted by molar-refractivity contribution is 5.51. The van der Waals surface area contributed by atoms with Gasteiger partial charge in [0.1, 0.15) is 17.8 Å². The van der Waals surface area contributed by atoms with Crippen molar-refractivity contribution < 1.29 is 14.2 Å². The van der Waals surface area contributed by atoms with Crippen molar-refractivity contribution in [1.29, 1.82) is 0 Å². The molecule has 118 valence electrons. The predicted molar refractivity (Wildman–Crippen MR) is 80.6 cm³/mol.